The van der Waals surface area contributed by atoms with Crippen LogP contribution in [0.1, 0.15) is 44.9 Å². The maximum absolute atomic E-state index is 5.57. The molecule has 4 heteroatoms. The monoisotopic (exact) mass is 238 g/mol. The minimum atomic E-state index is 0.687. The molecule has 3 rings (SSSR count). The van der Waals surface area contributed by atoms with Crippen molar-refractivity contribution in [3.63, 3.8) is 0 Å². The summed E-state index contributed by atoms with van der Waals surface area (Å²) < 4.78 is 5.57. The number of nitrogens with one attached hydrogen (secondary N) is 1. The van der Waals surface area contributed by atoms with Gasteiger partial charge in [0.05, 0.1) is 13.0 Å². The molecule has 3 aliphatic heterocycles. The van der Waals surface area contributed by atoms with Crippen molar-refractivity contribution < 1.29 is 9.57 Å². The van der Waals surface area contributed by atoms with Crippen molar-refractivity contribution in [2.24, 2.45) is 11.1 Å². The smallest absolute Gasteiger partial charge is 0.229 e. The summed E-state index contributed by atoms with van der Waals surface area (Å²) in [5.41, 5.74) is 0. The summed E-state index contributed by atoms with van der Waals surface area (Å²) in [6.07, 6.45) is 8.85. The number of piperidine rings is 1. The van der Waals surface area contributed by atoms with Crippen molar-refractivity contribution in [2.45, 2.75) is 57.0 Å². The Morgan fingerprint density at radius 3 is 2.82 bits per heavy atom. The second kappa shape index (κ2) is 5.25. The molecule has 0 saturated carbocycles. The molecule has 0 radical (unpaired) electrons. The van der Waals surface area contributed by atoms with Crippen LogP contribution in [0.2, 0.25) is 0 Å². The maximum Gasteiger partial charge on any atom is 0.229 e. The lowest BCUT2D eigenvalue weighted by molar-refractivity contribution is 0.170. The highest BCUT2D eigenvalue weighted by atomic mass is 16.7. The van der Waals surface area contributed by atoms with Crippen LogP contribution in [0.5, 0.6) is 0 Å². The molecule has 17 heavy (non-hydrogen) atoms. The molecule has 0 aromatic carbocycles. The van der Waals surface area contributed by atoms with Gasteiger partial charge in [-0.15, -0.1) is 0 Å². The van der Waals surface area contributed by atoms with E-state index in [1.807, 2.05) is 0 Å². The molecule has 0 spiro atoms. The Bertz CT molecular complexity index is 281. The van der Waals surface area contributed by atoms with Gasteiger partial charge in [-0.2, -0.15) is 0 Å². The summed E-state index contributed by atoms with van der Waals surface area (Å²) in [6.45, 7) is 1.49. The molecule has 0 aliphatic carbocycles. The van der Waals surface area contributed by atoms with E-state index in [-0.39, 0.29) is 0 Å². The second-order valence-electron chi connectivity index (χ2n) is 5.53. The average molecular weight is 238 g/mol. The topological polar surface area (TPSA) is 42.9 Å². The number of fused-ring (bicyclic) bond motifs is 2. The lowest BCUT2D eigenvalue weighted by Gasteiger charge is -2.29. The van der Waals surface area contributed by atoms with Gasteiger partial charge in [0.25, 0.3) is 0 Å². The molecule has 2 saturated heterocycles. The number of nitrogens with zero attached hydrogens (tertiary/aromatic N) is 1. The third-order valence-corrected chi connectivity index (χ3v) is 4.17. The van der Waals surface area contributed by atoms with E-state index in [2.05, 4.69) is 10.5 Å². The molecule has 0 amide bonds. The van der Waals surface area contributed by atoms with Gasteiger partial charge in [-0.05, 0) is 44.4 Å². The first kappa shape index (κ1) is 11.3. The van der Waals surface area contributed by atoms with Crippen molar-refractivity contribution >= 4 is 5.90 Å². The van der Waals surface area contributed by atoms with Crippen LogP contribution >= 0.6 is 0 Å². The third-order valence-electron chi connectivity index (χ3n) is 4.17. The molecule has 2 bridgehead atoms. The average Bonchev–Trinajstić information content (AvgIpc) is 2.95. The Kier molecular flexibility index (Phi) is 3.50. The third kappa shape index (κ3) is 2.92. The molecular formula is C13H22N2O2. The highest BCUT2D eigenvalue weighted by Crippen LogP contribution is 2.33. The number of oxime groups is 1. The van der Waals surface area contributed by atoms with Gasteiger partial charge in [-0.3, -0.25) is 0 Å². The number of hydrogen-bond acceptors (Lipinski definition) is 4. The standard InChI is InChI=1S/C13H22N2O2/c1(6-16-13-5-7-17-15-13)2-10-8-11-3-4-12(9-10)14-11/h10-12,14H,1-9H2. The molecular weight excluding hydrogens is 216 g/mol. The van der Waals surface area contributed by atoms with Gasteiger partial charge in [-0.1, -0.05) is 5.16 Å². The van der Waals surface area contributed by atoms with Crippen LogP contribution in [0.15, 0.2) is 5.16 Å². The fourth-order valence-electron chi connectivity index (χ4n) is 3.37. The summed E-state index contributed by atoms with van der Waals surface area (Å²) >= 11 is 0. The maximum atomic E-state index is 5.57. The van der Waals surface area contributed by atoms with Crippen molar-refractivity contribution in [1.29, 1.82) is 0 Å². The van der Waals surface area contributed by atoms with Gasteiger partial charge in [-0.25, -0.2) is 0 Å². The van der Waals surface area contributed by atoms with E-state index in [1.54, 1.807) is 0 Å². The van der Waals surface area contributed by atoms with Gasteiger partial charge >= 0.3 is 0 Å². The van der Waals surface area contributed by atoms with Crippen molar-refractivity contribution in [3.8, 4) is 0 Å². The number of ether oxygens (including phenoxy) is 1. The Hall–Kier alpha value is -0.770. The highest BCUT2D eigenvalue weighted by Gasteiger charge is 2.32. The first-order valence-corrected chi connectivity index (χ1v) is 6.98. The van der Waals surface area contributed by atoms with Gasteiger partial charge in [0.1, 0.15) is 6.61 Å². The lowest BCUT2D eigenvalue weighted by atomic mass is 9.89. The SMILES string of the molecule is C(COC1=NOCC1)CC1CC2CCC(C1)N2. The van der Waals surface area contributed by atoms with E-state index in [0.29, 0.717) is 6.61 Å². The highest BCUT2D eigenvalue weighted by molar-refractivity contribution is 5.76. The molecule has 1 N–H and O–H groups in total. The number of rotatable bonds is 4. The predicted octanol–water partition coefficient (Wildman–Crippen LogP) is 2.05. The van der Waals surface area contributed by atoms with E-state index in [4.69, 9.17) is 9.57 Å². The van der Waals surface area contributed by atoms with E-state index < -0.39 is 0 Å². The van der Waals surface area contributed by atoms with E-state index >= 15 is 0 Å². The van der Waals surface area contributed by atoms with E-state index in [9.17, 15) is 0 Å². The van der Waals surface area contributed by atoms with E-state index in [0.717, 1.165) is 43.3 Å². The fraction of sp³-hybridized carbons (Fsp3) is 0.923. The van der Waals surface area contributed by atoms with Gasteiger partial charge in [0.2, 0.25) is 5.90 Å². The zero-order valence-electron chi connectivity index (χ0n) is 10.4. The van der Waals surface area contributed by atoms with Gasteiger partial charge < -0.3 is 14.9 Å². The summed E-state index contributed by atoms with van der Waals surface area (Å²) in [7, 11) is 0. The Labute approximate surface area is 103 Å². The number of hydrogen-bond donors (Lipinski definition) is 1. The van der Waals surface area contributed by atoms with Gasteiger partial charge in [0, 0.05) is 12.1 Å². The largest absolute Gasteiger partial charge is 0.479 e. The van der Waals surface area contributed by atoms with Crippen LogP contribution in [-0.4, -0.2) is 31.2 Å². The first-order chi connectivity index (χ1) is 8.40. The van der Waals surface area contributed by atoms with Crippen LogP contribution < -0.4 is 5.32 Å². The molecule has 0 aromatic rings. The normalized spacial score (nSPS) is 35.5. The van der Waals surface area contributed by atoms with Crippen LogP contribution in [0.4, 0.5) is 0 Å². The molecule has 3 aliphatic rings. The van der Waals surface area contributed by atoms with Crippen molar-refractivity contribution in [2.75, 3.05) is 13.2 Å². The summed E-state index contributed by atoms with van der Waals surface area (Å²) in [4.78, 5) is 4.90. The summed E-state index contributed by atoms with van der Waals surface area (Å²) in [5.74, 6) is 1.70. The van der Waals surface area contributed by atoms with Crippen molar-refractivity contribution in [1.82, 2.24) is 5.32 Å². The predicted molar refractivity (Wildman–Crippen MR) is 65.9 cm³/mol. The Morgan fingerprint density at radius 1 is 1.29 bits per heavy atom. The van der Waals surface area contributed by atoms with Crippen LogP contribution in [0, 0.1) is 5.92 Å². The molecule has 0 aromatic heterocycles. The van der Waals surface area contributed by atoms with Crippen molar-refractivity contribution in [3.05, 3.63) is 0 Å². The van der Waals surface area contributed by atoms with Crippen LogP contribution in [0.25, 0.3) is 0 Å². The quantitative estimate of drug-likeness (QED) is 0.762. The second-order valence-corrected chi connectivity index (χ2v) is 5.53. The first-order valence-electron chi connectivity index (χ1n) is 6.98. The Morgan fingerprint density at radius 2 is 2.12 bits per heavy atom. The van der Waals surface area contributed by atoms with Gasteiger partial charge in [0.15, 0.2) is 0 Å². The molecule has 4 nitrogen and oxygen atoms in total. The van der Waals surface area contributed by atoms with Crippen LogP contribution in [-0.2, 0) is 9.57 Å². The molecule has 2 atom stereocenters. The summed E-state index contributed by atoms with van der Waals surface area (Å²) in [6, 6.07) is 1.62. The zero-order chi connectivity index (χ0) is 11.5. The molecule has 2 unspecified atom stereocenters. The lowest BCUT2D eigenvalue weighted by Crippen LogP contribution is -2.38. The fourth-order valence-corrected chi connectivity index (χ4v) is 3.37. The Balaban J connectivity index is 1.32. The minimum Gasteiger partial charge on any atom is -0.479 e. The summed E-state index contributed by atoms with van der Waals surface area (Å²) in [5, 5.41) is 7.53. The molecule has 96 valence electrons. The molecule has 2 fully saturated rings. The molecule has 3 heterocycles. The zero-order valence-corrected chi connectivity index (χ0v) is 10.4. The minimum absolute atomic E-state index is 0.687. The van der Waals surface area contributed by atoms with Crippen LogP contribution in [0.3, 0.4) is 0 Å². The van der Waals surface area contributed by atoms with E-state index in [1.165, 1.54) is 32.1 Å².